The van der Waals surface area contributed by atoms with Gasteiger partial charge in [0.2, 0.25) is 5.88 Å². The maximum absolute atomic E-state index is 12.6. The second kappa shape index (κ2) is 9.04. The van der Waals surface area contributed by atoms with E-state index in [0.29, 0.717) is 16.9 Å². The number of halogens is 4. The van der Waals surface area contributed by atoms with E-state index in [1.807, 2.05) is 13.0 Å². The zero-order valence-electron chi connectivity index (χ0n) is 17.1. The molecule has 0 saturated carbocycles. The fraction of sp³-hybridized carbons (Fsp3) is 0.300. The van der Waals surface area contributed by atoms with E-state index in [-0.39, 0.29) is 5.56 Å². The van der Waals surface area contributed by atoms with Gasteiger partial charge in [0.05, 0.1) is 19.2 Å². The Bertz CT molecular complexity index is 1190. The van der Waals surface area contributed by atoms with Gasteiger partial charge in [-0.05, 0) is 59.6 Å². The van der Waals surface area contributed by atoms with Crippen molar-refractivity contribution in [3.63, 3.8) is 0 Å². The van der Waals surface area contributed by atoms with Gasteiger partial charge in [-0.2, -0.15) is 10.4 Å². The number of methoxy groups -OCH3 is 1. The van der Waals surface area contributed by atoms with E-state index in [0.717, 1.165) is 22.2 Å². The Hall–Kier alpha value is -3.33. The molecule has 0 aliphatic heterocycles. The minimum Gasteiger partial charge on any atom is -0.480 e. The van der Waals surface area contributed by atoms with E-state index in [1.54, 1.807) is 13.1 Å². The predicted octanol–water partition coefficient (Wildman–Crippen LogP) is 4.29. The van der Waals surface area contributed by atoms with Crippen LogP contribution in [0.1, 0.15) is 28.9 Å². The number of pyridine rings is 1. The molecular weight excluding hydrogens is 495 g/mol. The highest BCUT2D eigenvalue weighted by Crippen LogP contribution is 2.32. The number of carbonyl (C=O) groups is 1. The number of amides is 1. The molecule has 3 rings (SSSR count). The van der Waals surface area contributed by atoms with E-state index in [2.05, 4.69) is 36.1 Å². The second-order valence-electron chi connectivity index (χ2n) is 6.78. The number of hydrogen-bond donors (Lipinski definition) is 1. The summed E-state index contributed by atoms with van der Waals surface area (Å²) in [5, 5.41) is 16.7. The van der Waals surface area contributed by atoms with Crippen molar-refractivity contribution in [1.82, 2.24) is 20.1 Å². The molecule has 0 aliphatic carbocycles. The van der Waals surface area contributed by atoms with E-state index in [1.165, 1.54) is 23.9 Å². The van der Waals surface area contributed by atoms with Gasteiger partial charge in [0.15, 0.2) is 5.52 Å². The first kappa shape index (κ1) is 23.3. The summed E-state index contributed by atoms with van der Waals surface area (Å²) in [6, 6.07) is 4.71. The minimum absolute atomic E-state index is 0.0611. The summed E-state index contributed by atoms with van der Waals surface area (Å²) < 4.78 is 48.3. The van der Waals surface area contributed by atoms with Crippen LogP contribution in [0, 0.1) is 18.3 Å². The van der Waals surface area contributed by atoms with Crippen LogP contribution in [0.4, 0.5) is 13.2 Å². The van der Waals surface area contributed by atoms with Crippen molar-refractivity contribution in [2.45, 2.75) is 32.3 Å². The number of nitrogens with one attached hydrogen (secondary N) is 1. The summed E-state index contributed by atoms with van der Waals surface area (Å²) in [7, 11) is 1.45. The van der Waals surface area contributed by atoms with Crippen LogP contribution < -0.4 is 14.8 Å². The number of nitrogens with zero attached hydrogens (tertiary/aromatic N) is 4. The first-order chi connectivity index (χ1) is 15.1. The van der Waals surface area contributed by atoms with Gasteiger partial charge in [0, 0.05) is 16.2 Å². The third-order valence-electron chi connectivity index (χ3n) is 4.70. The summed E-state index contributed by atoms with van der Waals surface area (Å²) in [6.45, 7) is 3.53. The van der Waals surface area contributed by atoms with Crippen molar-refractivity contribution in [3.05, 3.63) is 46.1 Å². The van der Waals surface area contributed by atoms with E-state index < -0.39 is 30.1 Å². The largest absolute Gasteiger partial charge is 0.573 e. The maximum Gasteiger partial charge on any atom is 0.573 e. The lowest BCUT2D eigenvalue weighted by atomic mass is 10.1. The van der Waals surface area contributed by atoms with Gasteiger partial charge in [-0.25, -0.2) is 9.67 Å². The summed E-state index contributed by atoms with van der Waals surface area (Å²) >= 11 is 3.40. The zero-order chi connectivity index (χ0) is 23.6. The van der Waals surface area contributed by atoms with E-state index in [4.69, 9.17) is 4.74 Å². The van der Waals surface area contributed by atoms with E-state index in [9.17, 15) is 23.2 Å². The molecule has 0 aliphatic rings. The van der Waals surface area contributed by atoms with Crippen molar-refractivity contribution in [3.8, 4) is 17.7 Å². The number of ether oxygens (including phenoxy) is 2. The Morgan fingerprint density at radius 1 is 1.28 bits per heavy atom. The van der Waals surface area contributed by atoms with Gasteiger partial charge < -0.3 is 14.8 Å². The van der Waals surface area contributed by atoms with Crippen LogP contribution in [0.3, 0.4) is 0 Å². The molecule has 0 spiro atoms. The Morgan fingerprint density at radius 3 is 2.50 bits per heavy atom. The average molecular weight is 512 g/mol. The summed E-state index contributed by atoms with van der Waals surface area (Å²) in [5.74, 6) is -0.776. The van der Waals surface area contributed by atoms with Crippen LogP contribution in [0.15, 0.2) is 34.9 Å². The molecule has 1 amide bonds. The fourth-order valence-corrected chi connectivity index (χ4v) is 3.30. The average Bonchev–Trinajstić information content (AvgIpc) is 3.12. The summed E-state index contributed by atoms with van der Waals surface area (Å²) in [4.78, 5) is 16.9. The second-order valence-corrected chi connectivity index (χ2v) is 7.63. The third-order valence-corrected chi connectivity index (χ3v) is 5.50. The standard InChI is InChI=1S/C20H17BrF3N5O3/c1-10-14(21)9-26-17-16(10)28-29(19(17)31-3)11(2)15(8-25)27-18(30)12-4-6-13(7-5-12)32-20(22,23)24/h4-7,9,11,15H,1-3H3,(H,27,30)/t11-,15?/m0/s1. The molecular formula is C20H17BrF3N5O3. The number of aromatic nitrogens is 3. The molecule has 8 nitrogen and oxygen atoms in total. The lowest BCUT2D eigenvalue weighted by Gasteiger charge is -2.21. The molecule has 0 fully saturated rings. The molecule has 1 unspecified atom stereocenters. The van der Waals surface area contributed by atoms with Crippen LogP contribution in [0.25, 0.3) is 11.0 Å². The first-order valence-corrected chi connectivity index (χ1v) is 9.98. The number of aryl methyl sites for hydroxylation is 1. The highest BCUT2D eigenvalue weighted by Gasteiger charge is 2.31. The molecule has 1 aromatic carbocycles. The van der Waals surface area contributed by atoms with E-state index >= 15 is 0 Å². The van der Waals surface area contributed by atoms with Gasteiger partial charge in [-0.15, -0.1) is 13.2 Å². The van der Waals surface area contributed by atoms with Gasteiger partial charge in [0.25, 0.3) is 5.91 Å². The van der Waals surface area contributed by atoms with Gasteiger partial charge in [-0.3, -0.25) is 4.79 Å². The number of hydrogen-bond acceptors (Lipinski definition) is 6. The number of rotatable bonds is 6. The first-order valence-electron chi connectivity index (χ1n) is 9.19. The lowest BCUT2D eigenvalue weighted by Crippen LogP contribution is -2.39. The Morgan fingerprint density at radius 2 is 1.94 bits per heavy atom. The summed E-state index contributed by atoms with van der Waals surface area (Å²) in [6.07, 6.45) is -3.22. The van der Waals surface area contributed by atoms with Crippen molar-refractivity contribution in [2.24, 2.45) is 0 Å². The number of alkyl halides is 3. The molecule has 0 saturated heterocycles. The van der Waals surface area contributed by atoms with Crippen LogP contribution in [0.5, 0.6) is 11.6 Å². The number of nitriles is 1. The smallest absolute Gasteiger partial charge is 0.480 e. The van der Waals surface area contributed by atoms with Crippen LogP contribution in [0.2, 0.25) is 0 Å². The van der Waals surface area contributed by atoms with Crippen molar-refractivity contribution in [2.75, 3.05) is 7.11 Å². The van der Waals surface area contributed by atoms with Crippen LogP contribution in [-0.4, -0.2) is 40.2 Å². The number of benzene rings is 1. The Kier molecular flexibility index (Phi) is 6.59. The maximum atomic E-state index is 12.6. The van der Waals surface area contributed by atoms with Crippen molar-refractivity contribution >= 4 is 32.9 Å². The quantitative estimate of drug-likeness (QED) is 0.529. The molecule has 2 atom stereocenters. The Labute approximate surface area is 189 Å². The SMILES string of the molecule is COc1c2ncc(Br)c(C)c2nn1[C@@H](C)C(C#N)NC(=O)c1ccc(OC(F)(F)F)cc1. The molecule has 32 heavy (non-hydrogen) atoms. The van der Waals surface area contributed by atoms with Crippen LogP contribution in [-0.2, 0) is 0 Å². The molecule has 0 radical (unpaired) electrons. The lowest BCUT2D eigenvalue weighted by molar-refractivity contribution is -0.274. The van der Waals surface area contributed by atoms with Crippen molar-refractivity contribution < 1.29 is 27.4 Å². The molecule has 0 bridgehead atoms. The summed E-state index contributed by atoms with van der Waals surface area (Å²) in [5.41, 5.74) is 1.97. The predicted molar refractivity (Wildman–Crippen MR) is 111 cm³/mol. The monoisotopic (exact) mass is 511 g/mol. The normalized spacial score (nSPS) is 13.3. The molecule has 168 valence electrons. The highest BCUT2D eigenvalue weighted by atomic mass is 79.9. The third kappa shape index (κ3) is 4.77. The molecule has 2 heterocycles. The molecule has 1 N–H and O–H groups in total. The van der Waals surface area contributed by atoms with Crippen molar-refractivity contribution in [1.29, 1.82) is 5.26 Å². The fourth-order valence-electron chi connectivity index (χ4n) is 3.01. The topological polar surface area (TPSA) is 102 Å². The van der Waals surface area contributed by atoms with Gasteiger partial charge >= 0.3 is 6.36 Å². The zero-order valence-corrected chi connectivity index (χ0v) is 18.7. The van der Waals surface area contributed by atoms with Gasteiger partial charge in [-0.1, -0.05) is 0 Å². The molecule has 12 heteroatoms. The van der Waals surface area contributed by atoms with Crippen LogP contribution >= 0.6 is 15.9 Å². The molecule has 3 aromatic rings. The Balaban J connectivity index is 1.84. The van der Waals surface area contributed by atoms with Gasteiger partial charge in [0.1, 0.15) is 17.3 Å². The molecule has 2 aromatic heterocycles. The number of carbonyl (C=O) groups excluding carboxylic acids is 1. The number of fused-ring (bicyclic) bond motifs is 1. The highest BCUT2D eigenvalue weighted by molar-refractivity contribution is 9.10. The minimum atomic E-state index is -4.83.